The van der Waals surface area contributed by atoms with Crippen molar-refractivity contribution >= 4 is 39.4 Å². The van der Waals surface area contributed by atoms with Crippen LogP contribution in [-0.2, 0) is 17.6 Å². The number of furan rings is 1. The van der Waals surface area contributed by atoms with E-state index in [9.17, 15) is 9.59 Å². The van der Waals surface area contributed by atoms with Crippen molar-refractivity contribution in [1.29, 1.82) is 0 Å². The summed E-state index contributed by atoms with van der Waals surface area (Å²) in [5.41, 5.74) is 4.83. The lowest BCUT2D eigenvalue weighted by atomic mass is 9.99. The molecule has 3 aromatic heterocycles. The predicted molar refractivity (Wildman–Crippen MR) is 131 cm³/mol. The molecule has 0 aliphatic heterocycles. The third-order valence-electron chi connectivity index (χ3n) is 6.01. The number of fused-ring (bicyclic) bond motifs is 2. The fourth-order valence-corrected chi connectivity index (χ4v) is 4.26. The Morgan fingerprint density at radius 3 is 2.71 bits per heavy atom. The molecule has 5 rings (SSSR count). The fourth-order valence-electron chi connectivity index (χ4n) is 4.14. The molecule has 2 aromatic carbocycles. The summed E-state index contributed by atoms with van der Waals surface area (Å²) in [6.45, 7) is 2.39. The summed E-state index contributed by atoms with van der Waals surface area (Å²) in [7, 11) is 0. The summed E-state index contributed by atoms with van der Waals surface area (Å²) in [6.07, 6.45) is 6.19. The van der Waals surface area contributed by atoms with Gasteiger partial charge in [0.25, 0.3) is 0 Å². The number of carbonyl (C=O) groups is 1. The van der Waals surface area contributed by atoms with Crippen LogP contribution in [0.25, 0.3) is 33.1 Å². The number of imidazole rings is 1. The Hall–Kier alpha value is -3.84. The van der Waals surface area contributed by atoms with E-state index in [0.717, 1.165) is 33.2 Å². The molecule has 3 heterocycles. The lowest BCUT2D eigenvalue weighted by molar-refractivity contribution is -0.121. The van der Waals surface area contributed by atoms with Gasteiger partial charge in [-0.1, -0.05) is 23.7 Å². The number of benzene rings is 2. The second kappa shape index (κ2) is 9.19. The normalized spacial score (nSPS) is 11.4. The van der Waals surface area contributed by atoms with E-state index in [1.807, 2.05) is 37.3 Å². The van der Waals surface area contributed by atoms with Gasteiger partial charge in [-0.3, -0.25) is 4.79 Å². The molecule has 0 radical (unpaired) electrons. The van der Waals surface area contributed by atoms with Crippen LogP contribution in [0.4, 0.5) is 0 Å². The second-order valence-corrected chi connectivity index (χ2v) is 8.61. The van der Waals surface area contributed by atoms with Gasteiger partial charge >= 0.3 is 5.63 Å². The highest BCUT2D eigenvalue weighted by molar-refractivity contribution is 6.30. The summed E-state index contributed by atoms with van der Waals surface area (Å²) in [5.74, 6) is -0.117. The van der Waals surface area contributed by atoms with Crippen molar-refractivity contribution in [2.75, 3.05) is 6.54 Å². The third-order valence-corrected chi connectivity index (χ3v) is 6.26. The Kier molecular flexibility index (Phi) is 5.94. The molecule has 0 atom stereocenters. The number of hydrogen-bond donors (Lipinski definition) is 2. The summed E-state index contributed by atoms with van der Waals surface area (Å²) in [5, 5.41) is 5.27. The molecule has 0 saturated heterocycles. The summed E-state index contributed by atoms with van der Waals surface area (Å²) in [4.78, 5) is 31.9. The molecular weight excluding hydrogens is 454 g/mol. The summed E-state index contributed by atoms with van der Waals surface area (Å²) < 4.78 is 11.3. The zero-order chi connectivity index (χ0) is 23.7. The van der Waals surface area contributed by atoms with Crippen LogP contribution in [0.3, 0.4) is 0 Å². The smallest absolute Gasteiger partial charge is 0.339 e. The molecule has 0 spiro atoms. The maximum atomic E-state index is 12.7. The SMILES string of the molecule is Cc1c(CCC(=O)NCCc2cnc[nH]2)c(=O)oc2cc3occ(-c4ccc(Cl)cc4)c3cc12. The van der Waals surface area contributed by atoms with Crippen LogP contribution in [-0.4, -0.2) is 22.4 Å². The molecular formula is C26H22ClN3O4. The predicted octanol–water partition coefficient (Wildman–Crippen LogP) is 5.18. The molecule has 0 aliphatic carbocycles. The van der Waals surface area contributed by atoms with Gasteiger partial charge in [-0.2, -0.15) is 0 Å². The minimum atomic E-state index is -0.431. The van der Waals surface area contributed by atoms with E-state index in [2.05, 4.69) is 15.3 Å². The second-order valence-electron chi connectivity index (χ2n) is 8.17. The molecule has 0 unspecified atom stereocenters. The molecule has 0 fully saturated rings. The number of carbonyl (C=O) groups excluding carboxylic acids is 1. The van der Waals surface area contributed by atoms with Crippen LogP contribution in [0.5, 0.6) is 0 Å². The number of hydrogen-bond acceptors (Lipinski definition) is 5. The maximum Gasteiger partial charge on any atom is 0.339 e. The van der Waals surface area contributed by atoms with Crippen molar-refractivity contribution in [3.05, 3.63) is 87.4 Å². The zero-order valence-electron chi connectivity index (χ0n) is 18.5. The van der Waals surface area contributed by atoms with Gasteiger partial charge in [0.2, 0.25) is 5.91 Å². The minimum absolute atomic E-state index is 0.117. The maximum absolute atomic E-state index is 12.7. The van der Waals surface area contributed by atoms with Crippen molar-refractivity contribution in [3.63, 3.8) is 0 Å². The zero-order valence-corrected chi connectivity index (χ0v) is 19.2. The van der Waals surface area contributed by atoms with Crippen LogP contribution in [0.1, 0.15) is 23.2 Å². The molecule has 7 nitrogen and oxygen atoms in total. The van der Waals surface area contributed by atoms with Crippen LogP contribution in [0.2, 0.25) is 5.02 Å². The van der Waals surface area contributed by atoms with Gasteiger partial charge in [0.1, 0.15) is 11.2 Å². The van der Waals surface area contributed by atoms with E-state index in [0.29, 0.717) is 41.1 Å². The lowest BCUT2D eigenvalue weighted by Gasteiger charge is -2.09. The quantitative estimate of drug-likeness (QED) is 0.316. The summed E-state index contributed by atoms with van der Waals surface area (Å²) >= 11 is 6.03. The highest BCUT2D eigenvalue weighted by Gasteiger charge is 2.16. The van der Waals surface area contributed by atoms with Crippen LogP contribution >= 0.6 is 11.6 Å². The van der Waals surface area contributed by atoms with Gasteiger partial charge in [0.05, 0.1) is 12.6 Å². The van der Waals surface area contributed by atoms with Crippen LogP contribution in [0, 0.1) is 6.92 Å². The first-order valence-corrected chi connectivity index (χ1v) is 11.3. The lowest BCUT2D eigenvalue weighted by Crippen LogP contribution is -2.26. The van der Waals surface area contributed by atoms with E-state index in [1.54, 1.807) is 24.9 Å². The fraction of sp³-hybridized carbons (Fsp3) is 0.192. The van der Waals surface area contributed by atoms with Crippen LogP contribution in [0.15, 0.2) is 68.8 Å². The summed E-state index contributed by atoms with van der Waals surface area (Å²) in [6, 6.07) is 11.3. The number of halogens is 1. The van der Waals surface area contributed by atoms with Crippen molar-refractivity contribution in [2.24, 2.45) is 0 Å². The molecule has 172 valence electrons. The number of H-pyrrole nitrogens is 1. The van der Waals surface area contributed by atoms with Gasteiger partial charge < -0.3 is 19.1 Å². The number of nitrogens with zero attached hydrogens (tertiary/aromatic N) is 1. The first-order chi connectivity index (χ1) is 16.5. The number of aromatic amines is 1. The van der Waals surface area contributed by atoms with Gasteiger partial charge in [0.15, 0.2) is 0 Å². The third kappa shape index (κ3) is 4.34. The highest BCUT2D eigenvalue weighted by Crippen LogP contribution is 2.35. The number of rotatable bonds is 7. The van der Waals surface area contributed by atoms with Crippen molar-refractivity contribution in [3.8, 4) is 11.1 Å². The topological polar surface area (TPSA) is 101 Å². The van der Waals surface area contributed by atoms with E-state index in [-0.39, 0.29) is 12.3 Å². The standard InChI is InChI=1S/C26H22ClN3O4/c1-15-19(6-7-25(31)29-9-8-18-12-28-14-30-18)26(32)34-24-11-23-21(10-20(15)24)22(13-33-23)16-2-4-17(27)5-3-16/h2-5,10-14H,6-9H2,1H3,(H,28,30)(H,29,31). The molecule has 0 saturated carbocycles. The Morgan fingerprint density at radius 2 is 1.94 bits per heavy atom. The molecule has 0 aliphatic rings. The van der Waals surface area contributed by atoms with Gasteiger partial charge in [-0.15, -0.1) is 0 Å². The van der Waals surface area contributed by atoms with Crippen molar-refractivity contribution in [1.82, 2.24) is 15.3 Å². The van der Waals surface area contributed by atoms with Gasteiger partial charge in [-0.05, 0) is 42.7 Å². The first-order valence-electron chi connectivity index (χ1n) is 11.0. The van der Waals surface area contributed by atoms with E-state index < -0.39 is 5.63 Å². The monoisotopic (exact) mass is 475 g/mol. The molecule has 5 aromatic rings. The highest BCUT2D eigenvalue weighted by atomic mass is 35.5. The largest absolute Gasteiger partial charge is 0.464 e. The van der Waals surface area contributed by atoms with Crippen molar-refractivity contribution in [2.45, 2.75) is 26.2 Å². The Labute approximate surface area is 199 Å². The average molecular weight is 476 g/mol. The Morgan fingerprint density at radius 1 is 1.12 bits per heavy atom. The van der Waals surface area contributed by atoms with Gasteiger partial charge in [-0.25, -0.2) is 9.78 Å². The Bertz CT molecular complexity index is 1530. The van der Waals surface area contributed by atoms with Crippen LogP contribution < -0.4 is 10.9 Å². The van der Waals surface area contributed by atoms with E-state index in [4.69, 9.17) is 20.4 Å². The van der Waals surface area contributed by atoms with E-state index in [1.165, 1.54) is 0 Å². The molecule has 2 N–H and O–H groups in total. The molecule has 8 heteroatoms. The number of aromatic nitrogens is 2. The number of aryl methyl sites for hydroxylation is 1. The molecule has 1 amide bonds. The number of amides is 1. The first kappa shape index (κ1) is 22.0. The van der Waals surface area contributed by atoms with E-state index >= 15 is 0 Å². The molecule has 34 heavy (non-hydrogen) atoms. The molecule has 0 bridgehead atoms. The van der Waals surface area contributed by atoms with Crippen molar-refractivity contribution < 1.29 is 13.6 Å². The minimum Gasteiger partial charge on any atom is -0.464 e. The number of nitrogens with one attached hydrogen (secondary N) is 2. The Balaban J connectivity index is 1.39. The average Bonchev–Trinajstić information content (AvgIpc) is 3.48. The van der Waals surface area contributed by atoms with Gasteiger partial charge in [0, 0.05) is 64.3 Å².